The molecule has 1 aliphatic rings. The van der Waals surface area contributed by atoms with E-state index in [0.717, 1.165) is 21.9 Å². The Morgan fingerprint density at radius 2 is 1.92 bits per heavy atom. The van der Waals surface area contributed by atoms with Gasteiger partial charge in [0.2, 0.25) is 0 Å². The predicted molar refractivity (Wildman–Crippen MR) is 98.7 cm³/mol. The highest BCUT2D eigenvalue weighted by Crippen LogP contribution is 2.38. The van der Waals surface area contributed by atoms with Crippen molar-refractivity contribution in [2.75, 3.05) is 13.6 Å². The summed E-state index contributed by atoms with van der Waals surface area (Å²) in [6.45, 7) is 9.01. The lowest BCUT2D eigenvalue weighted by atomic mass is 9.77. The van der Waals surface area contributed by atoms with Crippen molar-refractivity contribution >= 4 is 24.1 Å². The number of benzene rings is 1. The Hall–Kier alpha value is -1.63. The Morgan fingerprint density at radius 3 is 2.54 bits per heavy atom. The molecule has 3 rings (SSSR count). The molecule has 0 aliphatic carbocycles. The van der Waals surface area contributed by atoms with Crippen molar-refractivity contribution in [2.24, 2.45) is 7.05 Å². The molecule has 1 aliphatic heterocycles. The number of hydrogen-bond acceptors (Lipinski definition) is 4. The summed E-state index contributed by atoms with van der Waals surface area (Å²) < 4.78 is 14.3. The van der Waals surface area contributed by atoms with Gasteiger partial charge >= 0.3 is 7.12 Å². The number of hydrogen-bond donors (Lipinski definition) is 1. The molecule has 1 fully saturated rings. The van der Waals surface area contributed by atoms with Crippen LogP contribution in [0, 0.1) is 0 Å². The van der Waals surface area contributed by atoms with Gasteiger partial charge in [0.05, 0.1) is 22.9 Å². The fraction of sp³-hybridized carbons (Fsp3) is 0.500. The first kappa shape index (κ1) is 17.2. The first-order valence-electron chi connectivity index (χ1n) is 8.36. The van der Waals surface area contributed by atoms with Gasteiger partial charge in [-0.3, -0.25) is 4.68 Å². The number of rotatable bonds is 4. The van der Waals surface area contributed by atoms with E-state index in [4.69, 9.17) is 9.31 Å². The third-order valence-electron chi connectivity index (χ3n) is 5.06. The molecule has 1 aromatic carbocycles. The monoisotopic (exact) mass is 327 g/mol. The molecule has 0 spiro atoms. The van der Waals surface area contributed by atoms with Gasteiger partial charge in [0.15, 0.2) is 0 Å². The van der Waals surface area contributed by atoms with Crippen molar-refractivity contribution in [3.8, 4) is 0 Å². The smallest absolute Gasteiger partial charge is 0.400 e. The molecule has 0 saturated carbocycles. The average Bonchev–Trinajstić information content (AvgIpc) is 2.96. The van der Waals surface area contributed by atoms with Crippen molar-refractivity contribution in [1.82, 2.24) is 15.1 Å². The molecular weight excluding hydrogens is 301 g/mol. The van der Waals surface area contributed by atoms with E-state index in [1.54, 1.807) is 0 Å². The Kier molecular flexibility index (Phi) is 4.32. The molecule has 6 heteroatoms. The zero-order chi connectivity index (χ0) is 17.5. The van der Waals surface area contributed by atoms with Crippen molar-refractivity contribution in [1.29, 1.82) is 0 Å². The van der Waals surface area contributed by atoms with Gasteiger partial charge in [-0.05, 0) is 51.8 Å². The van der Waals surface area contributed by atoms with E-state index in [0.29, 0.717) is 6.54 Å². The lowest BCUT2D eigenvalue weighted by Crippen LogP contribution is -2.41. The average molecular weight is 327 g/mol. The molecule has 1 saturated heterocycles. The summed E-state index contributed by atoms with van der Waals surface area (Å²) in [5.74, 6) is 0. The van der Waals surface area contributed by atoms with Crippen LogP contribution in [0.4, 0.5) is 0 Å². The Morgan fingerprint density at radius 1 is 1.25 bits per heavy atom. The van der Waals surface area contributed by atoms with Crippen molar-refractivity contribution in [2.45, 2.75) is 38.9 Å². The van der Waals surface area contributed by atoms with Crippen LogP contribution in [0.15, 0.2) is 29.9 Å². The summed E-state index contributed by atoms with van der Waals surface area (Å²) in [7, 11) is 3.55. The maximum atomic E-state index is 6.20. The fourth-order valence-corrected chi connectivity index (χ4v) is 2.87. The minimum atomic E-state index is -0.343. The number of nitrogens with one attached hydrogen (secondary N) is 1. The molecule has 2 aromatic rings. The van der Waals surface area contributed by atoms with Crippen LogP contribution in [0.2, 0.25) is 0 Å². The lowest BCUT2D eigenvalue weighted by Gasteiger charge is -2.32. The van der Waals surface area contributed by atoms with Gasteiger partial charge in [-0.25, -0.2) is 0 Å². The van der Waals surface area contributed by atoms with Crippen molar-refractivity contribution in [3.05, 3.63) is 35.4 Å². The third-order valence-corrected chi connectivity index (χ3v) is 5.06. The Balaban J connectivity index is 1.95. The molecule has 5 nitrogen and oxygen atoms in total. The molecular formula is C18H26BN3O2. The van der Waals surface area contributed by atoms with Crippen LogP contribution in [0.1, 0.15) is 33.3 Å². The second kappa shape index (κ2) is 6.03. The van der Waals surface area contributed by atoms with Crippen LogP contribution in [0.5, 0.6) is 0 Å². The molecule has 0 unspecified atom stereocenters. The number of nitrogens with zero attached hydrogens (tertiary/aromatic N) is 2. The van der Waals surface area contributed by atoms with Gasteiger partial charge in [0, 0.05) is 19.0 Å². The summed E-state index contributed by atoms with van der Waals surface area (Å²) in [4.78, 5) is 0. The molecule has 0 bridgehead atoms. The lowest BCUT2D eigenvalue weighted by molar-refractivity contribution is 0.00578. The van der Waals surface area contributed by atoms with Crippen LogP contribution in [0.25, 0.3) is 17.0 Å². The maximum Gasteiger partial charge on any atom is 0.491 e. The van der Waals surface area contributed by atoms with Crippen LogP contribution in [-0.4, -0.2) is 41.7 Å². The molecule has 1 aromatic heterocycles. The van der Waals surface area contributed by atoms with Gasteiger partial charge in [0.1, 0.15) is 0 Å². The molecule has 128 valence electrons. The standard InChI is InChI=1S/C18H26BN3O2/c1-17(2)18(3,4)24-19(23-17)15(12-20-5)9-13-7-8-14-11-21-22(6)16(14)10-13/h7-11,20H,12H2,1-6H3. The van der Waals surface area contributed by atoms with Gasteiger partial charge in [0.25, 0.3) is 0 Å². The molecule has 0 atom stereocenters. The molecule has 0 amide bonds. The number of aromatic nitrogens is 2. The van der Waals surface area contributed by atoms with E-state index < -0.39 is 0 Å². The molecule has 0 radical (unpaired) electrons. The zero-order valence-electron chi connectivity index (χ0n) is 15.4. The maximum absolute atomic E-state index is 6.20. The first-order chi connectivity index (χ1) is 11.2. The third kappa shape index (κ3) is 3.01. The number of aryl methyl sites for hydroxylation is 1. The van der Waals surface area contributed by atoms with E-state index >= 15 is 0 Å². The van der Waals surface area contributed by atoms with E-state index in [1.165, 1.54) is 0 Å². The summed E-state index contributed by atoms with van der Waals surface area (Å²) in [5, 5.41) is 8.66. The second-order valence-electron chi connectivity index (χ2n) is 7.42. The highest BCUT2D eigenvalue weighted by molar-refractivity contribution is 6.55. The normalized spacial score (nSPS) is 20.1. The predicted octanol–water partition coefficient (Wildman–Crippen LogP) is 2.81. The fourth-order valence-electron chi connectivity index (χ4n) is 2.87. The molecule has 24 heavy (non-hydrogen) atoms. The van der Waals surface area contributed by atoms with Crippen LogP contribution in [0.3, 0.4) is 0 Å². The summed E-state index contributed by atoms with van der Waals surface area (Å²) in [5.41, 5.74) is 2.64. The van der Waals surface area contributed by atoms with Crippen LogP contribution < -0.4 is 5.32 Å². The van der Waals surface area contributed by atoms with Crippen molar-refractivity contribution in [3.63, 3.8) is 0 Å². The summed E-state index contributed by atoms with van der Waals surface area (Å²) >= 11 is 0. The summed E-state index contributed by atoms with van der Waals surface area (Å²) in [6, 6.07) is 6.34. The van der Waals surface area contributed by atoms with E-state index in [-0.39, 0.29) is 18.3 Å². The Labute approximate surface area is 144 Å². The number of fused-ring (bicyclic) bond motifs is 1. The van der Waals surface area contributed by atoms with E-state index in [2.05, 4.69) is 62.4 Å². The largest absolute Gasteiger partial charge is 0.491 e. The van der Waals surface area contributed by atoms with E-state index in [1.807, 2.05) is 25.0 Å². The SMILES string of the molecule is CNCC(=Cc1ccc2cnn(C)c2c1)B1OC(C)(C)C(C)(C)O1. The van der Waals surface area contributed by atoms with E-state index in [9.17, 15) is 0 Å². The number of likely N-dealkylation sites (N-methyl/N-ethyl adjacent to an activating group) is 1. The topological polar surface area (TPSA) is 48.3 Å². The quantitative estimate of drug-likeness (QED) is 0.878. The van der Waals surface area contributed by atoms with Crippen molar-refractivity contribution < 1.29 is 9.31 Å². The van der Waals surface area contributed by atoms with Crippen LogP contribution in [-0.2, 0) is 16.4 Å². The zero-order valence-corrected chi connectivity index (χ0v) is 15.4. The minimum absolute atomic E-state index is 0.337. The molecule has 2 heterocycles. The van der Waals surface area contributed by atoms with Gasteiger partial charge in [-0.1, -0.05) is 18.2 Å². The van der Waals surface area contributed by atoms with Gasteiger partial charge in [-0.2, -0.15) is 5.10 Å². The highest BCUT2D eigenvalue weighted by atomic mass is 16.7. The highest BCUT2D eigenvalue weighted by Gasteiger charge is 2.52. The van der Waals surface area contributed by atoms with Gasteiger partial charge < -0.3 is 14.6 Å². The minimum Gasteiger partial charge on any atom is -0.400 e. The van der Waals surface area contributed by atoms with Crippen LogP contribution >= 0.6 is 0 Å². The van der Waals surface area contributed by atoms with Gasteiger partial charge in [-0.15, -0.1) is 0 Å². The second-order valence-corrected chi connectivity index (χ2v) is 7.42. The first-order valence-corrected chi connectivity index (χ1v) is 8.36. The Bertz CT molecular complexity index is 764. The summed E-state index contributed by atoms with van der Waals surface area (Å²) in [6.07, 6.45) is 4.02. The molecule has 1 N–H and O–H groups in total.